The fraction of sp³-hybridized carbons (Fsp3) is 0.288. The lowest BCUT2D eigenvalue weighted by Gasteiger charge is -2.36. The number of benzene rings is 5. The standard InChI is InChI=1S/C66H72N16O16S/c67-24-3-1-6-49(60(90)91)80-58(88)48(78-53(85)22-21-50(61(92)93)79-57(87)36-9-13-39(14-10-36)74-33-41-34-75-55-54(76-41)59(89)82-63(69)81-55)5-2-4-25-70-56(86)35-7-11-38(12-8-35)73-32-37(68)23-28-96-65(95)72-27-26-71-64(99)77-40-15-18-45-44(29-40)62(94)98-66(45)46-19-16-42(83)30-51(46)97-52-31-43(84)17-20-47(52)66/h7-20,29-32,34,48-50,73-74,83-84H,1-6,21-28,33,67-68H2,(H,70,86)(H,72,95)(H,78,85)(H,79,87)(H,80,88)(H,90,91)(H,92,93)(H2,71,77,99)(H3,69,75,81,82,89)/b37-32-/t48-,49+,50-/m0/s1. The van der Waals surface area contributed by atoms with Crippen LogP contribution in [0.15, 0.2) is 121 Å². The highest BCUT2D eigenvalue weighted by Gasteiger charge is 2.54. The van der Waals surface area contributed by atoms with Gasteiger partial charge in [-0.05, 0) is 149 Å². The van der Waals surface area contributed by atoms with Crippen LogP contribution in [0.1, 0.15) is 111 Å². The van der Waals surface area contributed by atoms with Gasteiger partial charge in [0.1, 0.15) is 41.1 Å². The third-order valence-electron chi connectivity index (χ3n) is 15.7. The van der Waals surface area contributed by atoms with Crippen molar-refractivity contribution in [2.75, 3.05) is 54.5 Å². The first kappa shape index (κ1) is 71.2. The third-order valence-corrected chi connectivity index (χ3v) is 15.9. The monoisotopic (exact) mass is 1380 g/mol. The molecule has 4 heterocycles. The van der Waals surface area contributed by atoms with Gasteiger partial charge in [0, 0.05) is 101 Å². The second-order valence-corrected chi connectivity index (χ2v) is 23.2. The summed E-state index contributed by atoms with van der Waals surface area (Å²) in [5.41, 5.74) is 20.6. The molecule has 0 unspecified atom stereocenters. The van der Waals surface area contributed by atoms with Gasteiger partial charge in [-0.15, -0.1) is 0 Å². The van der Waals surface area contributed by atoms with E-state index in [1.807, 2.05) is 0 Å². The normalized spacial score (nSPS) is 13.3. The predicted octanol–water partition coefficient (Wildman–Crippen LogP) is 4.36. The zero-order valence-electron chi connectivity index (χ0n) is 53.0. The number of carboxylic acids is 2. The molecule has 99 heavy (non-hydrogen) atoms. The van der Waals surface area contributed by atoms with E-state index in [2.05, 4.69) is 67.8 Å². The first-order chi connectivity index (χ1) is 47.6. The van der Waals surface area contributed by atoms with E-state index in [9.17, 15) is 63.9 Å². The highest BCUT2D eigenvalue weighted by Crippen LogP contribution is 2.57. The summed E-state index contributed by atoms with van der Waals surface area (Å²) in [4.78, 5) is 120. The highest BCUT2D eigenvalue weighted by molar-refractivity contribution is 7.80. The first-order valence-corrected chi connectivity index (χ1v) is 31.6. The summed E-state index contributed by atoms with van der Waals surface area (Å²) < 4.78 is 17.4. The summed E-state index contributed by atoms with van der Waals surface area (Å²) in [5.74, 6) is -6.21. The number of carbonyl (C=O) groups excluding carboxylic acids is 6. The van der Waals surface area contributed by atoms with Crippen molar-refractivity contribution in [3.63, 3.8) is 0 Å². The van der Waals surface area contributed by atoms with Crippen molar-refractivity contribution in [2.24, 2.45) is 11.5 Å². The number of fused-ring (bicyclic) bond motifs is 7. The van der Waals surface area contributed by atoms with Crippen LogP contribution in [-0.2, 0) is 40.8 Å². The van der Waals surface area contributed by atoms with E-state index in [4.69, 9.17) is 43.6 Å². The van der Waals surface area contributed by atoms with Gasteiger partial charge in [0.25, 0.3) is 11.8 Å². The summed E-state index contributed by atoms with van der Waals surface area (Å²) in [5, 5.41) is 75.6. The van der Waals surface area contributed by atoms with Gasteiger partial charge in [0.2, 0.25) is 23.6 Å². The number of esters is 1. The van der Waals surface area contributed by atoms with Crippen LogP contribution in [0.2, 0.25) is 0 Å². The number of nitrogens with two attached hydrogens (primary N) is 3. The molecule has 2 aliphatic rings. The number of thiocarbonyl (C=S) groups is 1. The summed E-state index contributed by atoms with van der Waals surface area (Å²) in [6, 6.07) is 22.5. The Morgan fingerprint density at radius 1 is 0.657 bits per heavy atom. The van der Waals surface area contributed by atoms with E-state index in [0.29, 0.717) is 76.5 Å². The molecule has 33 heteroatoms. The van der Waals surface area contributed by atoms with E-state index in [1.54, 1.807) is 66.7 Å². The van der Waals surface area contributed by atoms with Gasteiger partial charge in [-0.1, -0.05) is 6.07 Å². The van der Waals surface area contributed by atoms with Crippen molar-refractivity contribution in [2.45, 2.75) is 88.1 Å². The number of anilines is 4. The number of amides is 5. The summed E-state index contributed by atoms with van der Waals surface area (Å²) in [6.45, 7) is 0.927. The zero-order valence-corrected chi connectivity index (χ0v) is 53.8. The second-order valence-electron chi connectivity index (χ2n) is 22.8. The molecule has 2 aromatic heterocycles. The smallest absolute Gasteiger partial charge is 0.407 e. The van der Waals surface area contributed by atoms with E-state index >= 15 is 0 Å². The Morgan fingerprint density at radius 3 is 1.97 bits per heavy atom. The molecule has 20 N–H and O–H groups in total. The van der Waals surface area contributed by atoms with Gasteiger partial charge in [0.15, 0.2) is 21.9 Å². The minimum absolute atomic E-state index is 0.0124. The van der Waals surface area contributed by atoms with Crippen LogP contribution in [0.25, 0.3) is 11.2 Å². The van der Waals surface area contributed by atoms with E-state index in [1.165, 1.54) is 48.8 Å². The van der Waals surface area contributed by atoms with E-state index in [0.717, 1.165) is 0 Å². The van der Waals surface area contributed by atoms with Crippen LogP contribution >= 0.6 is 12.2 Å². The number of aromatic nitrogens is 4. The van der Waals surface area contributed by atoms with Gasteiger partial charge in [0.05, 0.1) is 30.6 Å². The molecule has 0 aliphatic carbocycles. The van der Waals surface area contributed by atoms with Crippen LogP contribution in [0, 0.1) is 0 Å². The molecule has 2 aliphatic heterocycles. The molecule has 0 radical (unpaired) electrons. The SMILES string of the molecule is NCCCC[C@@H](NC(=O)[C@H](CCCCNC(=O)c1ccc(N/C=C(\N)CCOC(=O)NCCNC(=S)Nc2ccc3c(c2)C(=O)OC32c3ccc(O)cc3Oc3cc(O)ccc32)cc1)NC(=O)CC[C@H](NC(=O)c1ccc(NCc2cnc3nc(N)nc(O)c3n2)cc1)C(=O)O)C(=O)O. The molecule has 3 atom stereocenters. The van der Waals surface area contributed by atoms with Crippen molar-refractivity contribution in [1.29, 1.82) is 0 Å². The lowest BCUT2D eigenvalue weighted by Crippen LogP contribution is -2.52. The number of ether oxygens (including phenoxy) is 3. The van der Waals surface area contributed by atoms with Crippen LogP contribution < -0.4 is 69.8 Å². The fourth-order valence-corrected chi connectivity index (χ4v) is 10.9. The topological polar surface area (TPSA) is 503 Å². The molecular weight excluding hydrogens is 1300 g/mol. The molecule has 9 rings (SSSR count). The van der Waals surface area contributed by atoms with Crippen LogP contribution in [0.5, 0.6) is 28.9 Å². The molecule has 7 aromatic rings. The lowest BCUT2D eigenvalue weighted by atomic mass is 9.77. The summed E-state index contributed by atoms with van der Waals surface area (Å²) in [7, 11) is 0. The molecule has 1 spiro atoms. The van der Waals surface area contributed by atoms with Crippen molar-refractivity contribution >= 4 is 99.1 Å². The second kappa shape index (κ2) is 33.0. The Bertz CT molecular complexity index is 4170. The number of aliphatic carboxylic acids is 2. The maximum absolute atomic E-state index is 13.6. The number of nitrogens with zero attached hydrogens (tertiary/aromatic N) is 4. The largest absolute Gasteiger partial charge is 0.508 e. The van der Waals surface area contributed by atoms with Crippen LogP contribution in [0.3, 0.4) is 0 Å². The number of carboxylic acid groups (broad SMARTS) is 2. The number of nitrogen functional groups attached to an aromatic ring is 1. The van der Waals surface area contributed by atoms with Gasteiger partial charge in [-0.3, -0.25) is 19.2 Å². The van der Waals surface area contributed by atoms with E-state index in [-0.39, 0.29) is 121 Å². The number of aromatic hydroxyl groups is 3. The Kier molecular flexibility index (Phi) is 23.7. The molecular formula is C66H72N16O16S. The summed E-state index contributed by atoms with van der Waals surface area (Å²) >= 11 is 5.46. The van der Waals surface area contributed by atoms with Crippen LogP contribution in [0.4, 0.5) is 27.8 Å². The summed E-state index contributed by atoms with van der Waals surface area (Å²) in [6.07, 6.45) is 3.23. The van der Waals surface area contributed by atoms with Gasteiger partial charge in [-0.2, -0.15) is 9.97 Å². The van der Waals surface area contributed by atoms with Gasteiger partial charge < -0.3 is 105 Å². The van der Waals surface area contributed by atoms with Crippen molar-refractivity contribution < 1.29 is 78.1 Å². The number of phenolic OH excluding ortho intramolecular Hbond substituents is 2. The molecule has 0 fully saturated rings. The average Bonchev–Trinajstić information content (AvgIpc) is 1.61. The van der Waals surface area contributed by atoms with Gasteiger partial charge >= 0.3 is 24.0 Å². The van der Waals surface area contributed by atoms with Gasteiger partial charge in [-0.25, -0.2) is 29.1 Å². The van der Waals surface area contributed by atoms with E-state index < -0.39 is 83.7 Å². The zero-order chi connectivity index (χ0) is 70.8. The number of rotatable bonds is 32. The Labute approximate surface area is 569 Å². The maximum atomic E-state index is 13.6. The number of hydrogen-bond donors (Lipinski definition) is 17. The quantitative estimate of drug-likeness (QED) is 0.0158. The number of nitrogens with one attached hydrogen (secondary N) is 9. The molecule has 0 bridgehead atoms. The Balaban J connectivity index is 0.664. The van der Waals surface area contributed by atoms with Crippen LogP contribution in [-0.4, -0.2) is 149 Å². The number of unbranched alkanes of at least 4 members (excludes halogenated alkanes) is 2. The minimum atomic E-state index is -1.52. The molecule has 32 nitrogen and oxygen atoms in total. The molecule has 5 aromatic carbocycles. The first-order valence-electron chi connectivity index (χ1n) is 31.2. The minimum Gasteiger partial charge on any atom is -0.508 e. The Morgan fingerprint density at radius 2 is 1.28 bits per heavy atom. The van der Waals surface area contributed by atoms with Crippen molar-refractivity contribution in [1.82, 2.24) is 51.8 Å². The van der Waals surface area contributed by atoms with Crippen molar-refractivity contribution in [3.8, 4) is 28.9 Å². The molecule has 0 saturated heterocycles. The predicted molar refractivity (Wildman–Crippen MR) is 362 cm³/mol. The molecule has 5 amide bonds. The highest BCUT2D eigenvalue weighted by atomic mass is 32.1. The molecule has 518 valence electrons. The van der Waals surface area contributed by atoms with Crippen molar-refractivity contribution in [3.05, 3.63) is 160 Å². The third kappa shape index (κ3) is 18.7. The number of carbonyl (C=O) groups is 8. The maximum Gasteiger partial charge on any atom is 0.407 e. The number of alkyl carbamates (subject to hydrolysis) is 1. The number of phenols is 2. The molecule has 0 saturated carbocycles. The average molecular weight is 1380 g/mol. The number of hydrogen-bond acceptors (Lipinski definition) is 24. The fourth-order valence-electron chi connectivity index (χ4n) is 10.7. The Hall–Kier alpha value is -12.1. The lowest BCUT2D eigenvalue weighted by molar-refractivity contribution is -0.142.